The lowest BCUT2D eigenvalue weighted by Crippen LogP contribution is -2.12. The SMILES string of the molecule is CCCC1CCC(C=Cc2ccc(C(=O)Oc3cc(F)c(OC(F)F)c(F)c3)cc2)CC1. The largest absolute Gasteiger partial charge is 0.429 e. The highest BCUT2D eigenvalue weighted by Gasteiger charge is 2.20. The highest BCUT2D eigenvalue weighted by atomic mass is 19.3. The van der Waals surface area contributed by atoms with Crippen LogP contribution in [0.3, 0.4) is 0 Å². The standard InChI is InChI=1S/C25H26F4O3/c1-2-3-16-4-6-17(7-5-16)8-9-18-10-12-19(13-11-18)24(30)31-20-14-21(26)23(22(27)15-20)32-25(28)29/h8-17,25H,2-7H2,1H3. The normalized spacial score (nSPS) is 18.8. The van der Waals surface area contributed by atoms with Gasteiger partial charge in [0.25, 0.3) is 0 Å². The van der Waals surface area contributed by atoms with Crippen LogP contribution in [0.1, 0.15) is 61.4 Å². The van der Waals surface area contributed by atoms with E-state index in [-0.39, 0.29) is 5.56 Å². The third kappa shape index (κ3) is 6.58. The molecule has 0 saturated heterocycles. The molecule has 3 rings (SSSR count). The van der Waals surface area contributed by atoms with Crippen molar-refractivity contribution >= 4 is 12.0 Å². The third-order valence-corrected chi connectivity index (χ3v) is 5.68. The third-order valence-electron chi connectivity index (χ3n) is 5.68. The number of alkyl halides is 2. The summed E-state index contributed by atoms with van der Waals surface area (Å²) in [5, 5.41) is 0. The Morgan fingerprint density at radius 2 is 1.69 bits per heavy atom. The fraction of sp³-hybridized carbons (Fsp3) is 0.400. The van der Waals surface area contributed by atoms with Crippen LogP contribution in [0.5, 0.6) is 11.5 Å². The predicted octanol–water partition coefficient (Wildman–Crippen LogP) is 7.41. The zero-order chi connectivity index (χ0) is 23.1. The molecular formula is C25H26F4O3. The van der Waals surface area contributed by atoms with E-state index in [1.807, 2.05) is 6.08 Å². The van der Waals surface area contributed by atoms with Crippen LogP contribution in [-0.4, -0.2) is 12.6 Å². The summed E-state index contributed by atoms with van der Waals surface area (Å²) in [4.78, 5) is 12.3. The molecule has 1 saturated carbocycles. The van der Waals surface area contributed by atoms with Crippen molar-refractivity contribution in [1.82, 2.24) is 0 Å². The number of hydrogen-bond acceptors (Lipinski definition) is 3. The Kier molecular flexibility index (Phi) is 8.31. The van der Waals surface area contributed by atoms with Crippen LogP contribution >= 0.6 is 0 Å². The van der Waals surface area contributed by atoms with Gasteiger partial charge in [-0.05, 0) is 55.2 Å². The van der Waals surface area contributed by atoms with E-state index < -0.39 is 35.7 Å². The first-order valence-electron chi connectivity index (χ1n) is 10.8. The Balaban J connectivity index is 1.57. The minimum atomic E-state index is -3.38. The molecule has 0 heterocycles. The summed E-state index contributed by atoms with van der Waals surface area (Å²) in [6, 6.07) is 7.87. The molecule has 7 heteroatoms. The highest BCUT2D eigenvalue weighted by Crippen LogP contribution is 2.32. The summed E-state index contributed by atoms with van der Waals surface area (Å²) >= 11 is 0. The van der Waals surface area contributed by atoms with Gasteiger partial charge in [0.15, 0.2) is 17.4 Å². The van der Waals surface area contributed by atoms with E-state index in [0.717, 1.165) is 11.5 Å². The van der Waals surface area contributed by atoms with Crippen LogP contribution in [0, 0.1) is 23.5 Å². The maximum atomic E-state index is 13.8. The molecular weight excluding hydrogens is 424 g/mol. The number of carbonyl (C=O) groups is 1. The number of allylic oxidation sites excluding steroid dienone is 1. The minimum Gasteiger partial charge on any atom is -0.429 e. The molecule has 2 aromatic rings. The van der Waals surface area contributed by atoms with E-state index >= 15 is 0 Å². The average Bonchev–Trinajstić information content (AvgIpc) is 2.76. The van der Waals surface area contributed by atoms with E-state index in [2.05, 4.69) is 17.7 Å². The van der Waals surface area contributed by atoms with Gasteiger partial charge in [0.2, 0.25) is 0 Å². The molecule has 0 spiro atoms. The van der Waals surface area contributed by atoms with Gasteiger partial charge in [-0.3, -0.25) is 0 Å². The Bertz CT molecular complexity index is 910. The van der Waals surface area contributed by atoms with Gasteiger partial charge in [-0.25, -0.2) is 13.6 Å². The summed E-state index contributed by atoms with van der Waals surface area (Å²) in [6.45, 7) is -1.15. The predicted molar refractivity (Wildman–Crippen MR) is 114 cm³/mol. The molecule has 1 aliphatic carbocycles. The monoisotopic (exact) mass is 450 g/mol. The van der Waals surface area contributed by atoms with Gasteiger partial charge >= 0.3 is 12.6 Å². The molecule has 0 unspecified atom stereocenters. The quantitative estimate of drug-likeness (QED) is 0.239. The summed E-state index contributed by atoms with van der Waals surface area (Å²) < 4.78 is 60.7. The molecule has 0 amide bonds. The zero-order valence-electron chi connectivity index (χ0n) is 17.8. The summed E-state index contributed by atoms with van der Waals surface area (Å²) in [5.41, 5.74) is 1.12. The lowest BCUT2D eigenvalue weighted by atomic mass is 9.80. The number of rotatable bonds is 8. The molecule has 3 nitrogen and oxygen atoms in total. The topological polar surface area (TPSA) is 35.5 Å². The van der Waals surface area contributed by atoms with Gasteiger partial charge in [-0.2, -0.15) is 8.78 Å². The Hall–Kier alpha value is -2.83. The van der Waals surface area contributed by atoms with Crippen molar-refractivity contribution in [2.75, 3.05) is 0 Å². The van der Waals surface area contributed by atoms with Crippen LogP contribution in [0.15, 0.2) is 42.5 Å². The molecule has 172 valence electrons. The van der Waals surface area contributed by atoms with Crippen molar-refractivity contribution in [2.24, 2.45) is 11.8 Å². The second-order valence-corrected chi connectivity index (χ2v) is 8.03. The molecule has 0 aliphatic heterocycles. The van der Waals surface area contributed by atoms with E-state index in [0.29, 0.717) is 18.1 Å². The van der Waals surface area contributed by atoms with Gasteiger partial charge in [-0.15, -0.1) is 0 Å². The molecule has 0 bridgehead atoms. The maximum absolute atomic E-state index is 13.8. The first-order valence-corrected chi connectivity index (χ1v) is 10.8. The van der Waals surface area contributed by atoms with Gasteiger partial charge in [0.05, 0.1) is 5.56 Å². The molecule has 32 heavy (non-hydrogen) atoms. The molecule has 0 radical (unpaired) electrons. The number of benzene rings is 2. The fourth-order valence-electron chi connectivity index (χ4n) is 4.02. The van der Waals surface area contributed by atoms with Crippen LogP contribution in [-0.2, 0) is 0 Å². The van der Waals surface area contributed by atoms with Crippen LogP contribution < -0.4 is 9.47 Å². The zero-order valence-corrected chi connectivity index (χ0v) is 17.8. The van der Waals surface area contributed by atoms with E-state index in [4.69, 9.17) is 4.74 Å². The maximum Gasteiger partial charge on any atom is 0.387 e. The number of esters is 1. The molecule has 1 aliphatic rings. The molecule has 0 N–H and O–H groups in total. The molecule has 2 aromatic carbocycles. The van der Waals surface area contributed by atoms with Crippen LogP contribution in [0.25, 0.3) is 6.08 Å². The van der Waals surface area contributed by atoms with Crippen molar-refractivity contribution < 1.29 is 31.8 Å². The molecule has 0 atom stereocenters. The van der Waals surface area contributed by atoms with E-state index in [9.17, 15) is 22.4 Å². The molecule has 0 aromatic heterocycles. The number of halogens is 4. The number of hydrogen-bond donors (Lipinski definition) is 0. The van der Waals surface area contributed by atoms with Crippen molar-refractivity contribution in [1.29, 1.82) is 0 Å². The second kappa shape index (κ2) is 11.2. The summed E-state index contributed by atoms with van der Waals surface area (Å²) in [5.74, 6) is -3.87. The van der Waals surface area contributed by atoms with Crippen LogP contribution in [0.2, 0.25) is 0 Å². The summed E-state index contributed by atoms with van der Waals surface area (Å²) in [6.07, 6.45) is 11.7. The van der Waals surface area contributed by atoms with Crippen molar-refractivity contribution in [3.8, 4) is 11.5 Å². The molecule has 1 fully saturated rings. The average molecular weight is 450 g/mol. The number of carbonyl (C=O) groups excluding carboxylic acids is 1. The second-order valence-electron chi connectivity index (χ2n) is 8.03. The lowest BCUT2D eigenvalue weighted by molar-refractivity contribution is -0.0547. The smallest absolute Gasteiger partial charge is 0.387 e. The minimum absolute atomic E-state index is 0.191. The Morgan fingerprint density at radius 3 is 2.25 bits per heavy atom. The Morgan fingerprint density at radius 1 is 1.06 bits per heavy atom. The van der Waals surface area contributed by atoms with E-state index in [1.54, 1.807) is 24.3 Å². The first kappa shape index (κ1) is 23.8. The van der Waals surface area contributed by atoms with Gasteiger partial charge < -0.3 is 9.47 Å². The van der Waals surface area contributed by atoms with Crippen LogP contribution in [0.4, 0.5) is 17.6 Å². The Labute approximate surface area is 185 Å². The first-order chi connectivity index (χ1) is 15.4. The van der Waals surface area contributed by atoms with E-state index in [1.165, 1.54) is 38.5 Å². The van der Waals surface area contributed by atoms with Crippen molar-refractivity contribution in [3.05, 3.63) is 65.2 Å². The van der Waals surface area contributed by atoms with Crippen molar-refractivity contribution in [3.63, 3.8) is 0 Å². The lowest BCUT2D eigenvalue weighted by Gasteiger charge is -2.26. The number of ether oxygens (including phenoxy) is 2. The highest BCUT2D eigenvalue weighted by molar-refractivity contribution is 5.91. The van der Waals surface area contributed by atoms with Gasteiger partial charge in [0, 0.05) is 12.1 Å². The van der Waals surface area contributed by atoms with Gasteiger partial charge in [-0.1, -0.05) is 44.1 Å². The van der Waals surface area contributed by atoms with Crippen molar-refractivity contribution in [2.45, 2.75) is 52.1 Å². The summed E-state index contributed by atoms with van der Waals surface area (Å²) in [7, 11) is 0. The van der Waals surface area contributed by atoms with Gasteiger partial charge in [0.1, 0.15) is 5.75 Å². The fourth-order valence-corrected chi connectivity index (χ4v) is 4.02.